The highest BCUT2D eigenvalue weighted by Crippen LogP contribution is 1.97. The Hall–Kier alpha value is -0.240. The molecule has 0 saturated carbocycles. The van der Waals surface area contributed by atoms with Crippen LogP contribution >= 0.6 is 11.6 Å². The molecule has 0 aliphatic rings. The number of alkyl halides is 1. The lowest BCUT2D eigenvalue weighted by molar-refractivity contribution is -0.120. The predicted octanol–water partition coefficient (Wildman–Crippen LogP) is 1.14. The van der Waals surface area contributed by atoms with E-state index < -0.39 is 37.9 Å². The number of amides is 1. The number of hydrogen-bond donors (Lipinski definition) is 1. The lowest BCUT2D eigenvalue weighted by Crippen LogP contribution is -2.41. The van der Waals surface area contributed by atoms with Gasteiger partial charge in [0, 0.05) is 17.9 Å². The van der Waals surface area contributed by atoms with Gasteiger partial charge in [-0.2, -0.15) is 0 Å². The summed E-state index contributed by atoms with van der Waals surface area (Å²) >= 11 is 5.15. The molecule has 0 bridgehead atoms. The molecule has 0 aliphatic heterocycles. The molecule has 0 saturated heterocycles. The third-order valence-electron chi connectivity index (χ3n) is 0.448. The van der Waals surface area contributed by atoms with Gasteiger partial charge in [0.15, 0.2) is 0 Å². The van der Waals surface area contributed by atoms with Crippen LogP contribution < -0.4 is 5.32 Å². The topological polar surface area (TPSA) is 29.1 Å². The zero-order chi connectivity index (χ0) is 15.0. The molecule has 0 fully saturated rings. The van der Waals surface area contributed by atoms with Crippen LogP contribution in [0.2, 0.25) is 0 Å². The van der Waals surface area contributed by atoms with Crippen molar-refractivity contribution in [3.63, 3.8) is 0 Å². The maximum absolute atomic E-state index is 11.2. The van der Waals surface area contributed by atoms with Gasteiger partial charge < -0.3 is 5.32 Å². The number of hydrogen-bond acceptors (Lipinski definition) is 1. The average Bonchev–Trinajstić information content (AvgIpc) is 2.07. The number of nitrogens with one attached hydrogen (secondary N) is 1. The normalized spacial score (nSPS) is 30.1. The minimum absolute atomic E-state index is 0.746. The maximum Gasteiger partial charge on any atom is 0.235 e. The minimum Gasteiger partial charge on any atom is -0.350 e. The first-order chi connectivity index (χ1) is 7.70. The second kappa shape index (κ2) is 3.06. The summed E-state index contributed by atoms with van der Waals surface area (Å²) in [5.41, 5.74) is -3.35. The fourth-order valence-electron chi connectivity index (χ4n) is 0.243. The Kier molecular flexibility index (Phi) is 0.639. The maximum atomic E-state index is 11.2. The highest BCUT2D eigenvalue weighted by molar-refractivity contribution is 6.27. The third kappa shape index (κ3) is 5.63. The van der Waals surface area contributed by atoms with Gasteiger partial charge in [-0.3, -0.25) is 4.79 Å². The molecule has 1 amide bonds. The molecule has 54 valence electrons. The molecule has 0 atom stereocenters. The van der Waals surface area contributed by atoms with Crippen molar-refractivity contribution in [3.05, 3.63) is 0 Å². The summed E-state index contributed by atoms with van der Waals surface area (Å²) in [4.78, 5) is 11.2. The summed E-state index contributed by atoms with van der Waals surface area (Å²) in [6.07, 6.45) is 0. The summed E-state index contributed by atoms with van der Waals surface area (Å²) in [7, 11) is 0. The number of carbonyl (C=O) groups excluding carboxylic acids is 1. The zero-order valence-corrected chi connectivity index (χ0v) is 5.25. The Morgan fingerprint density at radius 2 is 2.33 bits per heavy atom. The van der Waals surface area contributed by atoms with E-state index in [2.05, 4.69) is 0 Å². The van der Waals surface area contributed by atoms with Crippen LogP contribution in [0, 0.1) is 0 Å². The quantitative estimate of drug-likeness (QED) is 0.570. The van der Waals surface area contributed by atoms with Crippen molar-refractivity contribution in [2.75, 3.05) is 5.88 Å². The van der Waals surface area contributed by atoms with Crippen LogP contribution in [0.5, 0.6) is 0 Å². The van der Waals surface area contributed by atoms with Crippen molar-refractivity contribution >= 4 is 17.5 Å². The molecule has 0 aromatic rings. The fourth-order valence-corrected chi connectivity index (χ4v) is 0.309. The molecule has 9 heavy (non-hydrogen) atoms. The van der Waals surface area contributed by atoms with Crippen LogP contribution in [0.3, 0.4) is 0 Å². The lowest BCUT2D eigenvalue weighted by Gasteiger charge is -2.19. The van der Waals surface area contributed by atoms with Crippen molar-refractivity contribution < 1.29 is 17.1 Å². The van der Waals surface area contributed by atoms with E-state index in [1.54, 1.807) is 5.32 Å². The molecule has 1 N–H and O–H groups in total. The first kappa shape index (κ1) is 1.88. The van der Waals surface area contributed by atoms with E-state index in [4.69, 9.17) is 23.9 Å². The number of halogens is 1. The van der Waals surface area contributed by atoms with Gasteiger partial charge in [0.25, 0.3) is 0 Å². The molecule has 0 rings (SSSR count). The van der Waals surface area contributed by atoms with Crippen LogP contribution in [0.4, 0.5) is 0 Å². The van der Waals surface area contributed by atoms with Crippen molar-refractivity contribution in [3.8, 4) is 0 Å². The molecule has 0 aromatic heterocycles. The molecular formula is C6H12ClNO. The summed E-state index contributed by atoms with van der Waals surface area (Å²) in [6.45, 7) is -10.4. The predicted molar refractivity (Wildman–Crippen MR) is 38.6 cm³/mol. The van der Waals surface area contributed by atoms with Crippen molar-refractivity contribution in [1.82, 2.24) is 5.32 Å². The van der Waals surface area contributed by atoms with Crippen LogP contribution in [-0.2, 0) is 4.79 Å². The Morgan fingerprint density at radius 3 is 2.67 bits per heavy atom. The van der Waals surface area contributed by atoms with Gasteiger partial charge in [0.2, 0.25) is 5.91 Å². The van der Waals surface area contributed by atoms with Gasteiger partial charge in [-0.25, -0.2) is 0 Å². The van der Waals surface area contributed by atoms with E-state index >= 15 is 0 Å². The molecule has 0 spiro atoms. The van der Waals surface area contributed by atoms with E-state index in [-0.39, 0.29) is 0 Å². The molecule has 0 aliphatic carbocycles. The second-order valence-electron chi connectivity index (χ2n) is 1.43. The first-order valence-electron chi connectivity index (χ1n) is 6.57. The van der Waals surface area contributed by atoms with Crippen molar-refractivity contribution in [1.29, 1.82) is 0 Å². The lowest BCUT2D eigenvalue weighted by atomic mass is 10.1. The van der Waals surface area contributed by atoms with E-state index in [0.717, 1.165) is 0 Å². The summed E-state index contributed by atoms with van der Waals surface area (Å²) < 4.78 is 64.6. The molecular weight excluding hydrogens is 138 g/mol. The third-order valence-corrected chi connectivity index (χ3v) is 0.691. The minimum atomic E-state index is -3.45. The smallest absolute Gasteiger partial charge is 0.235 e. The largest absolute Gasteiger partial charge is 0.350 e. The molecule has 0 radical (unpaired) electrons. The summed E-state index contributed by atoms with van der Waals surface area (Å²) in [5.74, 6) is -1.93. The van der Waals surface area contributed by atoms with Gasteiger partial charge >= 0.3 is 0 Å². The van der Waals surface area contributed by atoms with Gasteiger partial charge in [0.1, 0.15) is 5.88 Å². The first-order valence-corrected chi connectivity index (χ1v) is 2.61. The van der Waals surface area contributed by atoms with Gasteiger partial charge in [-0.05, 0) is 20.6 Å². The van der Waals surface area contributed by atoms with Crippen LogP contribution in [0.1, 0.15) is 32.9 Å². The Morgan fingerprint density at radius 1 is 1.78 bits per heavy atom. The second-order valence-corrected chi connectivity index (χ2v) is 1.70. The van der Waals surface area contributed by atoms with Crippen molar-refractivity contribution in [2.24, 2.45) is 0 Å². The van der Waals surface area contributed by atoms with Crippen molar-refractivity contribution in [2.45, 2.75) is 26.1 Å². The Labute approximate surface area is 73.2 Å². The summed E-state index contributed by atoms with van der Waals surface area (Å²) in [6, 6.07) is 0. The van der Waals surface area contributed by atoms with Crippen LogP contribution in [0.15, 0.2) is 0 Å². The highest BCUT2D eigenvalue weighted by Gasteiger charge is 2.11. The molecule has 0 heterocycles. The fraction of sp³-hybridized carbons (Fsp3) is 0.833. The number of carbonyl (C=O) groups is 1. The summed E-state index contributed by atoms with van der Waals surface area (Å²) in [5, 5.41) is 1.54. The van der Waals surface area contributed by atoms with Gasteiger partial charge in [-0.15, -0.1) is 11.6 Å². The molecule has 3 heteroatoms. The molecule has 0 unspecified atom stereocenters. The molecule has 2 nitrogen and oxygen atoms in total. The Balaban J connectivity index is 6.00. The van der Waals surface area contributed by atoms with Gasteiger partial charge in [0.05, 0.1) is 0 Å². The standard InChI is InChI=1S/C6H12ClNO/c1-6(2,3)8-5(9)4-7/h4H2,1-3H3,(H,8,9)/i1D3,2D3,3D3. The monoisotopic (exact) mass is 158 g/mol. The van der Waals surface area contributed by atoms with Gasteiger partial charge in [-0.1, -0.05) is 0 Å². The zero-order valence-electron chi connectivity index (χ0n) is 13.5. The van der Waals surface area contributed by atoms with E-state index in [0.29, 0.717) is 0 Å². The average molecular weight is 159 g/mol. The van der Waals surface area contributed by atoms with E-state index in [9.17, 15) is 4.79 Å². The van der Waals surface area contributed by atoms with E-state index in [1.165, 1.54) is 0 Å². The van der Waals surface area contributed by atoms with Crippen LogP contribution in [0.25, 0.3) is 0 Å². The molecule has 0 aromatic carbocycles. The van der Waals surface area contributed by atoms with E-state index in [1.807, 2.05) is 0 Å². The highest BCUT2D eigenvalue weighted by atomic mass is 35.5. The Bertz CT molecular complexity index is 280. The SMILES string of the molecule is [2H]C([2H])([2H])C(NC(=O)CCl)(C([2H])([2H])[2H])C([2H])([2H])[2H]. The van der Waals surface area contributed by atoms with Crippen LogP contribution in [-0.4, -0.2) is 17.3 Å². The number of rotatable bonds is 1.